The predicted molar refractivity (Wildman–Crippen MR) is 147 cm³/mol. The minimum Gasteiger partial charge on any atom is -0.469 e. The second kappa shape index (κ2) is 46.9. The summed E-state index contributed by atoms with van der Waals surface area (Å²) in [6, 6.07) is 24.0. The molecule has 2 rings (SSSR count). The van der Waals surface area contributed by atoms with Crippen LogP contribution in [0, 0.1) is 5.92 Å². The van der Waals surface area contributed by atoms with Crippen molar-refractivity contribution in [3.63, 3.8) is 0 Å². The molecule has 2 aromatic carbocycles. The zero-order valence-electron chi connectivity index (χ0n) is 22.5. The van der Waals surface area contributed by atoms with Gasteiger partial charge in [-0.2, -0.15) is 0 Å². The van der Waals surface area contributed by atoms with Gasteiger partial charge in [-0.25, -0.2) is 0 Å². The SMILES string of the molecule is C.CC.CC.CCC.COC(=O)C(C)C.COC(C)C.c1ccccc1.c1ccccc1. The summed E-state index contributed by atoms with van der Waals surface area (Å²) in [6.07, 6.45) is 1.63. The van der Waals surface area contributed by atoms with Crippen LogP contribution in [0.2, 0.25) is 0 Å². The molecule has 0 N–H and O–H groups in total. The number of carbonyl (C=O) groups excluding carboxylic acids is 1. The van der Waals surface area contributed by atoms with Crippen LogP contribution in [0.1, 0.15) is 83.1 Å². The van der Waals surface area contributed by atoms with Gasteiger partial charge in [0.05, 0.1) is 19.1 Å². The zero-order chi connectivity index (χ0) is 25.3. The third-order valence-electron chi connectivity index (χ3n) is 2.48. The lowest BCUT2D eigenvalue weighted by molar-refractivity contribution is -0.144. The molecule has 0 heterocycles. The average Bonchev–Trinajstić information content (AvgIpc) is 2.85. The lowest BCUT2D eigenvalue weighted by atomic mass is 10.2. The summed E-state index contributed by atoms with van der Waals surface area (Å²) in [5, 5.41) is 0. The van der Waals surface area contributed by atoms with Crippen LogP contribution in [0.4, 0.5) is 0 Å². The van der Waals surface area contributed by atoms with Gasteiger partial charge in [0.15, 0.2) is 0 Å². The maximum absolute atomic E-state index is 10.3. The first kappa shape index (κ1) is 43.7. The minimum atomic E-state index is -0.153. The summed E-state index contributed by atoms with van der Waals surface area (Å²) in [5.41, 5.74) is 0. The third-order valence-corrected chi connectivity index (χ3v) is 2.48. The molecule has 0 bridgehead atoms. The van der Waals surface area contributed by atoms with E-state index in [0.717, 1.165) is 0 Å². The number of benzene rings is 2. The van der Waals surface area contributed by atoms with Gasteiger partial charge in [-0.3, -0.25) is 4.79 Å². The Balaban J connectivity index is -0.0000000640. The van der Waals surface area contributed by atoms with Crippen LogP contribution in [0.15, 0.2) is 72.8 Å². The van der Waals surface area contributed by atoms with Gasteiger partial charge in [-0.05, 0) is 13.8 Å². The van der Waals surface area contributed by atoms with Crippen molar-refractivity contribution >= 4 is 5.97 Å². The highest BCUT2D eigenvalue weighted by Gasteiger charge is 2.03. The molecular weight excluding hydrogens is 396 g/mol. The Labute approximate surface area is 202 Å². The minimum absolute atomic E-state index is 0. The molecule has 0 aliphatic rings. The third kappa shape index (κ3) is 63.0. The Bertz CT molecular complexity index is 383. The van der Waals surface area contributed by atoms with Gasteiger partial charge in [0.1, 0.15) is 0 Å². The van der Waals surface area contributed by atoms with E-state index in [0.29, 0.717) is 6.10 Å². The fraction of sp³-hybridized carbons (Fsp3) is 0.552. The van der Waals surface area contributed by atoms with Crippen molar-refractivity contribution in [2.45, 2.75) is 89.2 Å². The molecule has 0 atom stereocenters. The number of esters is 1. The molecule has 32 heavy (non-hydrogen) atoms. The molecule has 0 radical (unpaired) electrons. The molecule has 0 aromatic heterocycles. The van der Waals surface area contributed by atoms with E-state index in [1.807, 2.05) is 114 Å². The summed E-state index contributed by atoms with van der Waals surface area (Å²) in [4.78, 5) is 10.3. The first-order chi connectivity index (χ1) is 14.9. The fourth-order valence-corrected chi connectivity index (χ4v) is 1.01. The molecule has 0 fully saturated rings. The summed E-state index contributed by atoms with van der Waals surface area (Å²) in [7, 11) is 3.09. The van der Waals surface area contributed by atoms with Crippen LogP contribution in [0.5, 0.6) is 0 Å². The number of ether oxygens (including phenoxy) is 2. The smallest absolute Gasteiger partial charge is 0.308 e. The van der Waals surface area contributed by atoms with E-state index >= 15 is 0 Å². The molecule has 3 heteroatoms. The highest BCUT2D eigenvalue weighted by molar-refractivity contribution is 5.71. The first-order valence-corrected chi connectivity index (χ1v) is 11.5. The molecule has 0 amide bonds. The lowest BCUT2D eigenvalue weighted by Gasteiger charge is -1.97. The monoisotopic (exact) mass is 452 g/mol. The van der Waals surface area contributed by atoms with Crippen LogP contribution in [0.3, 0.4) is 0 Å². The van der Waals surface area contributed by atoms with E-state index < -0.39 is 0 Å². The zero-order valence-corrected chi connectivity index (χ0v) is 22.5. The van der Waals surface area contributed by atoms with E-state index in [1.54, 1.807) is 21.0 Å². The molecule has 0 aliphatic heterocycles. The Kier molecular flexibility index (Phi) is 64.0. The average molecular weight is 453 g/mol. The maximum Gasteiger partial charge on any atom is 0.308 e. The van der Waals surface area contributed by atoms with E-state index in [9.17, 15) is 4.79 Å². The van der Waals surface area contributed by atoms with E-state index in [4.69, 9.17) is 4.74 Å². The van der Waals surface area contributed by atoms with Crippen LogP contribution < -0.4 is 0 Å². The van der Waals surface area contributed by atoms with Crippen molar-refractivity contribution in [2.24, 2.45) is 5.92 Å². The Morgan fingerprint density at radius 2 is 0.781 bits per heavy atom. The number of hydrogen-bond donors (Lipinski definition) is 0. The molecule has 190 valence electrons. The van der Waals surface area contributed by atoms with Gasteiger partial charge >= 0.3 is 5.97 Å². The Morgan fingerprint density at radius 3 is 0.812 bits per heavy atom. The first-order valence-electron chi connectivity index (χ1n) is 11.5. The Morgan fingerprint density at radius 1 is 0.625 bits per heavy atom. The van der Waals surface area contributed by atoms with E-state index in [1.165, 1.54) is 13.5 Å². The van der Waals surface area contributed by atoms with Crippen LogP contribution in [-0.4, -0.2) is 26.3 Å². The number of hydrogen-bond acceptors (Lipinski definition) is 3. The van der Waals surface area contributed by atoms with Crippen molar-refractivity contribution in [3.05, 3.63) is 72.8 Å². The quantitative estimate of drug-likeness (QED) is 0.426. The van der Waals surface area contributed by atoms with Crippen molar-refractivity contribution in [1.29, 1.82) is 0 Å². The molecule has 2 aromatic rings. The maximum atomic E-state index is 10.3. The summed E-state index contributed by atoms with van der Waals surface area (Å²) in [6.45, 7) is 19.8. The largest absolute Gasteiger partial charge is 0.469 e. The number of rotatable bonds is 2. The topological polar surface area (TPSA) is 35.5 Å². The normalized spacial score (nSPS) is 7.44. The molecule has 3 nitrogen and oxygen atoms in total. The van der Waals surface area contributed by atoms with Crippen molar-refractivity contribution in [2.75, 3.05) is 14.2 Å². The summed E-state index contributed by atoms with van der Waals surface area (Å²) in [5.74, 6) is -0.148. The van der Waals surface area contributed by atoms with Crippen molar-refractivity contribution in [3.8, 4) is 0 Å². The highest BCUT2D eigenvalue weighted by Crippen LogP contribution is 1.91. The lowest BCUT2D eigenvalue weighted by Crippen LogP contribution is -2.07. The second-order valence-electron chi connectivity index (χ2n) is 5.98. The van der Waals surface area contributed by atoms with Gasteiger partial charge in [0.25, 0.3) is 0 Å². The van der Waals surface area contributed by atoms with Crippen LogP contribution in [0.25, 0.3) is 0 Å². The second-order valence-corrected chi connectivity index (χ2v) is 5.98. The van der Waals surface area contributed by atoms with Crippen molar-refractivity contribution < 1.29 is 14.3 Å². The van der Waals surface area contributed by atoms with Gasteiger partial charge < -0.3 is 9.47 Å². The van der Waals surface area contributed by atoms with Crippen molar-refractivity contribution in [1.82, 2.24) is 0 Å². The fourth-order valence-electron chi connectivity index (χ4n) is 1.01. The van der Waals surface area contributed by atoms with Crippen LogP contribution in [-0.2, 0) is 14.3 Å². The van der Waals surface area contributed by atoms with Gasteiger partial charge in [0, 0.05) is 7.11 Å². The molecular formula is C29H56O3. The molecule has 0 aliphatic carbocycles. The number of carbonyl (C=O) groups is 1. The van der Waals surface area contributed by atoms with Crippen LogP contribution >= 0.6 is 0 Å². The summed E-state index contributed by atoms with van der Waals surface area (Å²) >= 11 is 0. The molecule has 0 unspecified atom stereocenters. The van der Waals surface area contributed by atoms with Gasteiger partial charge in [-0.15, -0.1) is 0 Å². The van der Waals surface area contributed by atoms with Gasteiger partial charge in [-0.1, -0.05) is 142 Å². The molecule has 0 saturated carbocycles. The Hall–Kier alpha value is -2.13. The molecule has 0 saturated heterocycles. The predicted octanol–water partition coefficient (Wildman–Crippen LogP) is 9.33. The highest BCUT2D eigenvalue weighted by atomic mass is 16.5. The molecule has 0 spiro atoms. The van der Waals surface area contributed by atoms with E-state index in [2.05, 4.69) is 18.6 Å². The summed E-state index contributed by atoms with van der Waals surface area (Å²) < 4.78 is 9.12. The number of methoxy groups -OCH3 is 2. The van der Waals surface area contributed by atoms with Gasteiger partial charge in [0.2, 0.25) is 0 Å². The standard InChI is InChI=1S/2C6H6.C5H10O2.C4H10O.C3H8.2C2H6.CH4/c2*1-2-4-6-5-3-1;1-4(2)5(6)7-3;1-4(2)5-3;1-3-2;2*1-2;/h2*1-6H;4H,1-3H3;4H,1-3H3;3H2,1-2H3;2*1-2H3;1H4. The van der Waals surface area contributed by atoms with E-state index in [-0.39, 0.29) is 19.3 Å².